The van der Waals surface area contributed by atoms with Gasteiger partial charge >= 0.3 is 0 Å². The van der Waals surface area contributed by atoms with Crippen LogP contribution in [-0.4, -0.2) is 27.1 Å². The highest BCUT2D eigenvalue weighted by Crippen LogP contribution is 2.41. The Morgan fingerprint density at radius 3 is 2.95 bits per heavy atom. The van der Waals surface area contributed by atoms with Crippen molar-refractivity contribution in [3.05, 3.63) is 41.6 Å². The number of nitrogens with zero attached hydrogens (tertiary/aromatic N) is 5. The average Bonchev–Trinajstić information content (AvgIpc) is 2.96. The lowest BCUT2D eigenvalue weighted by atomic mass is 9.78. The number of hydrogen-bond donors (Lipinski definition) is 0. The van der Waals surface area contributed by atoms with Crippen LogP contribution in [0.25, 0.3) is 0 Å². The summed E-state index contributed by atoms with van der Waals surface area (Å²) in [5.41, 5.74) is 3.31. The molecule has 0 spiro atoms. The first kappa shape index (κ1) is 13.3. The van der Waals surface area contributed by atoms with E-state index in [0.29, 0.717) is 17.5 Å². The van der Waals surface area contributed by atoms with Gasteiger partial charge in [-0.2, -0.15) is 5.26 Å². The Morgan fingerprint density at radius 2 is 2.18 bits per heavy atom. The van der Waals surface area contributed by atoms with Crippen molar-refractivity contribution in [2.45, 2.75) is 37.6 Å². The fourth-order valence-corrected chi connectivity index (χ4v) is 4.01. The average molecular weight is 293 g/mol. The van der Waals surface area contributed by atoms with Crippen LogP contribution in [0.1, 0.15) is 42.1 Å². The van der Waals surface area contributed by atoms with Gasteiger partial charge in [0.15, 0.2) is 0 Å². The lowest BCUT2D eigenvalue weighted by Gasteiger charge is -2.44. The molecule has 112 valence electrons. The van der Waals surface area contributed by atoms with Crippen LogP contribution in [-0.2, 0) is 13.5 Å². The minimum atomic E-state index is 0.483. The molecule has 0 bridgehead atoms. The molecule has 3 heterocycles. The molecule has 22 heavy (non-hydrogen) atoms. The number of imidazole rings is 1. The molecule has 0 aromatic carbocycles. The standard InChI is InChI=1S/C17H19N5/c1-21-11-20-17-13-3-2-8-22(14(13)5-6-15(17)21)16-7-4-12(9-18)10-19-16/h4,7,10-11,13-14H,2-3,5-6,8H2,1H3. The maximum atomic E-state index is 8.92. The van der Waals surface area contributed by atoms with Crippen LogP contribution >= 0.6 is 0 Å². The van der Waals surface area contributed by atoms with Crippen LogP contribution in [0, 0.1) is 11.3 Å². The first-order chi connectivity index (χ1) is 10.8. The number of hydrogen-bond acceptors (Lipinski definition) is 4. The van der Waals surface area contributed by atoms with E-state index in [1.807, 2.05) is 18.5 Å². The zero-order valence-electron chi connectivity index (χ0n) is 12.7. The molecule has 2 aromatic heterocycles. The molecule has 1 fully saturated rings. The Bertz CT molecular complexity index is 724. The molecule has 2 atom stereocenters. The lowest BCUT2D eigenvalue weighted by Crippen LogP contribution is -2.47. The zero-order valence-corrected chi connectivity index (χ0v) is 12.7. The van der Waals surface area contributed by atoms with Crippen molar-refractivity contribution in [3.8, 4) is 6.07 Å². The number of aromatic nitrogens is 3. The summed E-state index contributed by atoms with van der Waals surface area (Å²) in [6.45, 7) is 1.04. The summed E-state index contributed by atoms with van der Waals surface area (Å²) in [6.07, 6.45) is 8.24. The highest BCUT2D eigenvalue weighted by molar-refractivity contribution is 5.45. The number of fused-ring (bicyclic) bond motifs is 3. The van der Waals surface area contributed by atoms with E-state index < -0.39 is 0 Å². The fraction of sp³-hybridized carbons (Fsp3) is 0.471. The second-order valence-corrected chi connectivity index (χ2v) is 6.25. The second-order valence-electron chi connectivity index (χ2n) is 6.25. The van der Waals surface area contributed by atoms with Crippen molar-refractivity contribution in [1.29, 1.82) is 5.26 Å². The maximum absolute atomic E-state index is 8.92. The minimum Gasteiger partial charge on any atom is -0.353 e. The molecule has 0 amide bonds. The molecular formula is C17H19N5. The summed E-state index contributed by atoms with van der Waals surface area (Å²) in [5.74, 6) is 1.50. The van der Waals surface area contributed by atoms with Gasteiger partial charge in [0.05, 0.1) is 17.6 Å². The number of rotatable bonds is 1. The SMILES string of the molecule is Cn1cnc2c1CCC1C2CCCN1c1ccc(C#N)cn1. The largest absolute Gasteiger partial charge is 0.353 e. The topological polar surface area (TPSA) is 57.7 Å². The Morgan fingerprint density at radius 1 is 1.27 bits per heavy atom. The van der Waals surface area contributed by atoms with Crippen molar-refractivity contribution < 1.29 is 0 Å². The summed E-state index contributed by atoms with van der Waals surface area (Å²) in [4.78, 5) is 11.6. The zero-order chi connectivity index (χ0) is 15.1. The Kier molecular flexibility index (Phi) is 3.11. The van der Waals surface area contributed by atoms with Gasteiger partial charge in [-0.3, -0.25) is 0 Å². The molecule has 5 nitrogen and oxygen atoms in total. The first-order valence-electron chi connectivity index (χ1n) is 7.91. The molecule has 1 aliphatic heterocycles. The quantitative estimate of drug-likeness (QED) is 0.810. The lowest BCUT2D eigenvalue weighted by molar-refractivity contribution is 0.355. The van der Waals surface area contributed by atoms with E-state index in [1.165, 1.54) is 24.2 Å². The van der Waals surface area contributed by atoms with Crippen LogP contribution in [0.3, 0.4) is 0 Å². The van der Waals surface area contributed by atoms with Gasteiger partial charge in [-0.15, -0.1) is 0 Å². The molecule has 0 radical (unpaired) electrons. The molecule has 1 aliphatic carbocycles. The molecule has 4 rings (SSSR count). The van der Waals surface area contributed by atoms with E-state index >= 15 is 0 Å². The highest BCUT2D eigenvalue weighted by Gasteiger charge is 2.38. The van der Waals surface area contributed by atoms with Crippen molar-refractivity contribution in [1.82, 2.24) is 14.5 Å². The third kappa shape index (κ3) is 1.98. The van der Waals surface area contributed by atoms with Crippen molar-refractivity contribution >= 4 is 5.82 Å². The van der Waals surface area contributed by atoms with Gasteiger partial charge in [0, 0.05) is 37.4 Å². The van der Waals surface area contributed by atoms with Crippen LogP contribution in [0.15, 0.2) is 24.7 Å². The highest BCUT2D eigenvalue weighted by atomic mass is 15.2. The number of piperidine rings is 1. The van der Waals surface area contributed by atoms with E-state index in [0.717, 1.165) is 25.2 Å². The predicted octanol–water partition coefficient (Wildman–Crippen LogP) is 2.39. The van der Waals surface area contributed by atoms with Crippen LogP contribution in [0.4, 0.5) is 5.82 Å². The van der Waals surface area contributed by atoms with Crippen molar-refractivity contribution in [2.24, 2.45) is 7.05 Å². The Labute approximate surface area is 130 Å². The van der Waals surface area contributed by atoms with Crippen molar-refractivity contribution in [3.63, 3.8) is 0 Å². The molecule has 2 unspecified atom stereocenters. The first-order valence-corrected chi connectivity index (χ1v) is 7.91. The van der Waals surface area contributed by atoms with E-state index in [4.69, 9.17) is 5.26 Å². The molecule has 0 N–H and O–H groups in total. The van der Waals surface area contributed by atoms with E-state index in [1.54, 1.807) is 6.20 Å². The minimum absolute atomic E-state index is 0.483. The van der Waals surface area contributed by atoms with Crippen molar-refractivity contribution in [2.75, 3.05) is 11.4 Å². The molecule has 1 saturated heterocycles. The predicted molar refractivity (Wildman–Crippen MR) is 83.6 cm³/mol. The monoisotopic (exact) mass is 293 g/mol. The van der Waals surface area contributed by atoms with Gasteiger partial charge < -0.3 is 9.47 Å². The van der Waals surface area contributed by atoms with Gasteiger partial charge in [-0.25, -0.2) is 9.97 Å². The second kappa shape index (κ2) is 5.13. The normalized spacial score (nSPS) is 23.5. The van der Waals surface area contributed by atoms with Gasteiger partial charge in [-0.05, 0) is 37.8 Å². The third-order valence-corrected chi connectivity index (χ3v) is 5.07. The van der Waals surface area contributed by atoms with E-state index in [2.05, 4.69) is 32.6 Å². The molecule has 2 aliphatic rings. The van der Waals surface area contributed by atoms with Gasteiger partial charge in [0.1, 0.15) is 11.9 Å². The summed E-state index contributed by atoms with van der Waals surface area (Å²) < 4.78 is 2.17. The molecule has 2 aromatic rings. The number of nitriles is 1. The van der Waals surface area contributed by atoms with Crippen LogP contribution in [0.5, 0.6) is 0 Å². The van der Waals surface area contributed by atoms with Crippen LogP contribution < -0.4 is 4.90 Å². The van der Waals surface area contributed by atoms with Gasteiger partial charge in [-0.1, -0.05) is 0 Å². The number of pyridine rings is 1. The fourth-order valence-electron chi connectivity index (χ4n) is 4.01. The summed E-state index contributed by atoms with van der Waals surface area (Å²) in [6, 6.07) is 6.46. The Hall–Kier alpha value is -2.35. The molecule has 5 heteroatoms. The van der Waals surface area contributed by atoms with Gasteiger partial charge in [0.25, 0.3) is 0 Å². The van der Waals surface area contributed by atoms with Crippen LogP contribution in [0.2, 0.25) is 0 Å². The Balaban J connectivity index is 1.67. The third-order valence-electron chi connectivity index (χ3n) is 5.07. The maximum Gasteiger partial charge on any atom is 0.128 e. The summed E-state index contributed by atoms with van der Waals surface area (Å²) >= 11 is 0. The molecular weight excluding hydrogens is 274 g/mol. The summed E-state index contributed by atoms with van der Waals surface area (Å²) in [7, 11) is 2.09. The summed E-state index contributed by atoms with van der Waals surface area (Å²) in [5, 5.41) is 8.92. The smallest absolute Gasteiger partial charge is 0.128 e. The number of anilines is 1. The van der Waals surface area contributed by atoms with Gasteiger partial charge in [0.2, 0.25) is 0 Å². The van der Waals surface area contributed by atoms with E-state index in [-0.39, 0.29) is 0 Å². The number of aryl methyl sites for hydroxylation is 1. The molecule has 0 saturated carbocycles. The van der Waals surface area contributed by atoms with E-state index in [9.17, 15) is 0 Å².